The van der Waals surface area contributed by atoms with Gasteiger partial charge < -0.3 is 9.97 Å². The molecule has 5 rings (SSSR count). The van der Waals surface area contributed by atoms with Gasteiger partial charge in [-0.05, 0) is 48.4 Å². The fourth-order valence-electron chi connectivity index (χ4n) is 3.67. The number of aromatic nitrogens is 4. The van der Waals surface area contributed by atoms with Gasteiger partial charge in [-0.2, -0.15) is 0 Å². The first-order valence-corrected chi connectivity index (χ1v) is 9.75. The number of hydrogen-bond acceptors (Lipinski definition) is 2. The van der Waals surface area contributed by atoms with Crippen LogP contribution in [0.15, 0.2) is 72.8 Å². The van der Waals surface area contributed by atoms with Crippen molar-refractivity contribution in [2.75, 3.05) is 0 Å². The molecule has 5 aromatic rings. The molecule has 0 saturated heterocycles. The Bertz CT molecular complexity index is 1170. The fourth-order valence-corrected chi connectivity index (χ4v) is 3.80. The van der Waals surface area contributed by atoms with Crippen LogP contribution in [0.5, 0.6) is 0 Å². The number of H-pyrrole nitrogens is 2. The molecule has 0 unspecified atom stereocenters. The number of para-hydroxylation sites is 4. The van der Waals surface area contributed by atoms with Gasteiger partial charge in [0.25, 0.3) is 0 Å². The summed E-state index contributed by atoms with van der Waals surface area (Å²) < 4.78 is 0. The Labute approximate surface area is 167 Å². The molecule has 138 valence electrons. The number of hydrogen-bond donors (Lipinski definition) is 2. The molecule has 0 aliphatic rings. The summed E-state index contributed by atoms with van der Waals surface area (Å²) in [6, 6.07) is 24.3. The first-order valence-electron chi connectivity index (χ1n) is 9.37. The summed E-state index contributed by atoms with van der Waals surface area (Å²) in [5.41, 5.74) is 5.33. The van der Waals surface area contributed by atoms with Crippen LogP contribution in [0.4, 0.5) is 0 Å². The van der Waals surface area contributed by atoms with Crippen molar-refractivity contribution >= 4 is 33.7 Å². The minimum absolute atomic E-state index is 0.175. The van der Waals surface area contributed by atoms with Gasteiger partial charge in [-0.25, -0.2) is 9.97 Å². The third-order valence-electron chi connectivity index (χ3n) is 5.07. The molecule has 2 aromatic heterocycles. The molecule has 0 aliphatic heterocycles. The average Bonchev–Trinajstić information content (AvgIpc) is 3.32. The van der Waals surface area contributed by atoms with Crippen molar-refractivity contribution in [3.8, 4) is 0 Å². The van der Waals surface area contributed by atoms with E-state index in [9.17, 15) is 0 Å². The Hall–Kier alpha value is -3.11. The third kappa shape index (κ3) is 3.39. The molecule has 5 heteroatoms. The van der Waals surface area contributed by atoms with Gasteiger partial charge in [-0.15, -0.1) is 0 Å². The number of aromatic amines is 2. The fraction of sp³-hybridized carbons (Fsp3) is 0.130. The summed E-state index contributed by atoms with van der Waals surface area (Å²) in [5.74, 6) is 2.13. The minimum atomic E-state index is 0.175. The lowest BCUT2D eigenvalue weighted by Gasteiger charge is -2.14. The molecule has 0 aliphatic carbocycles. The van der Waals surface area contributed by atoms with E-state index in [0.717, 1.165) is 51.6 Å². The molecule has 0 bridgehead atoms. The van der Waals surface area contributed by atoms with Crippen molar-refractivity contribution in [3.63, 3.8) is 0 Å². The predicted octanol–water partition coefficient (Wildman–Crippen LogP) is 5.66. The highest BCUT2D eigenvalue weighted by Gasteiger charge is 2.19. The summed E-state index contributed by atoms with van der Waals surface area (Å²) in [7, 11) is 0. The predicted molar refractivity (Wildman–Crippen MR) is 114 cm³/mol. The van der Waals surface area contributed by atoms with Gasteiger partial charge in [0.05, 0.1) is 22.1 Å². The Morgan fingerprint density at radius 1 is 0.714 bits per heavy atom. The monoisotopic (exact) mass is 386 g/mol. The van der Waals surface area contributed by atoms with Gasteiger partial charge in [-0.1, -0.05) is 48.0 Å². The van der Waals surface area contributed by atoms with E-state index >= 15 is 0 Å². The van der Waals surface area contributed by atoms with Gasteiger partial charge in [0.2, 0.25) is 0 Å². The van der Waals surface area contributed by atoms with E-state index < -0.39 is 0 Å². The van der Waals surface area contributed by atoms with Crippen LogP contribution in [0.1, 0.15) is 23.1 Å². The van der Waals surface area contributed by atoms with E-state index in [-0.39, 0.29) is 5.92 Å². The molecule has 4 nitrogen and oxygen atoms in total. The zero-order valence-corrected chi connectivity index (χ0v) is 15.9. The van der Waals surface area contributed by atoms with Crippen LogP contribution in [0.2, 0.25) is 5.02 Å². The van der Waals surface area contributed by atoms with Gasteiger partial charge >= 0.3 is 0 Å². The molecule has 0 saturated carbocycles. The maximum Gasteiger partial charge on any atom is 0.111 e. The molecule has 0 spiro atoms. The lowest BCUT2D eigenvalue weighted by Crippen LogP contribution is -2.10. The number of imidazole rings is 2. The van der Waals surface area contributed by atoms with Crippen molar-refractivity contribution in [1.82, 2.24) is 19.9 Å². The maximum absolute atomic E-state index is 6.06. The standard InChI is InChI=1S/C23H19ClN4/c24-17-11-9-15(10-12-17)13-16(23-27-20-7-3-4-8-21(20)28-23)14-22-25-18-5-1-2-6-19(18)26-22/h1-12,16H,13-14H2,(H,25,26)(H,27,28)/t16-/m1/s1. The van der Waals surface area contributed by atoms with E-state index in [1.807, 2.05) is 48.5 Å². The summed E-state index contributed by atoms with van der Waals surface area (Å²) in [6.45, 7) is 0. The van der Waals surface area contributed by atoms with Gasteiger partial charge in [0, 0.05) is 17.4 Å². The lowest BCUT2D eigenvalue weighted by atomic mass is 9.95. The van der Waals surface area contributed by atoms with Crippen LogP contribution in [0, 0.1) is 0 Å². The summed E-state index contributed by atoms with van der Waals surface area (Å²) in [4.78, 5) is 16.6. The Morgan fingerprint density at radius 3 is 2.04 bits per heavy atom. The second-order valence-corrected chi connectivity index (χ2v) is 7.51. The lowest BCUT2D eigenvalue weighted by molar-refractivity contribution is 0.628. The van der Waals surface area contributed by atoms with E-state index in [1.165, 1.54) is 5.56 Å². The minimum Gasteiger partial charge on any atom is -0.342 e. The first kappa shape index (κ1) is 17.0. The number of nitrogens with zero attached hydrogens (tertiary/aromatic N) is 2. The quantitative estimate of drug-likeness (QED) is 0.409. The molecule has 1 atom stereocenters. The van der Waals surface area contributed by atoms with Crippen molar-refractivity contribution in [2.45, 2.75) is 18.8 Å². The zero-order chi connectivity index (χ0) is 18.9. The zero-order valence-electron chi connectivity index (χ0n) is 15.2. The first-order chi connectivity index (χ1) is 13.7. The third-order valence-corrected chi connectivity index (χ3v) is 5.32. The van der Waals surface area contributed by atoms with Crippen molar-refractivity contribution in [3.05, 3.63) is 95.0 Å². The molecule has 2 N–H and O–H groups in total. The van der Waals surface area contributed by atoms with E-state index in [1.54, 1.807) is 0 Å². The number of fused-ring (bicyclic) bond motifs is 2. The molecule has 2 heterocycles. The van der Waals surface area contributed by atoms with Gasteiger partial charge in [0.1, 0.15) is 11.6 Å². The van der Waals surface area contributed by atoms with Crippen LogP contribution in [0.25, 0.3) is 22.1 Å². The number of rotatable bonds is 5. The second-order valence-electron chi connectivity index (χ2n) is 7.07. The molecular weight excluding hydrogens is 368 g/mol. The Morgan fingerprint density at radius 2 is 1.36 bits per heavy atom. The van der Waals surface area contributed by atoms with E-state index in [0.29, 0.717) is 0 Å². The molecular formula is C23H19ClN4. The summed E-state index contributed by atoms with van der Waals surface area (Å²) in [5, 5.41) is 0.751. The number of halogens is 1. The second kappa shape index (κ2) is 7.13. The van der Waals surface area contributed by atoms with Gasteiger partial charge in [0.15, 0.2) is 0 Å². The van der Waals surface area contributed by atoms with E-state index in [2.05, 4.69) is 34.2 Å². The summed E-state index contributed by atoms with van der Waals surface area (Å²) >= 11 is 6.06. The van der Waals surface area contributed by atoms with Crippen LogP contribution in [-0.2, 0) is 12.8 Å². The van der Waals surface area contributed by atoms with Crippen molar-refractivity contribution in [1.29, 1.82) is 0 Å². The molecule has 28 heavy (non-hydrogen) atoms. The van der Waals surface area contributed by atoms with Crippen LogP contribution in [0.3, 0.4) is 0 Å². The van der Waals surface area contributed by atoms with Crippen molar-refractivity contribution in [2.24, 2.45) is 0 Å². The Balaban J connectivity index is 1.51. The summed E-state index contributed by atoms with van der Waals surface area (Å²) in [6.07, 6.45) is 1.63. The van der Waals surface area contributed by atoms with Gasteiger partial charge in [-0.3, -0.25) is 0 Å². The average molecular weight is 387 g/mol. The Kier molecular flexibility index (Phi) is 4.34. The smallest absolute Gasteiger partial charge is 0.111 e. The number of nitrogens with one attached hydrogen (secondary N) is 2. The highest BCUT2D eigenvalue weighted by atomic mass is 35.5. The topological polar surface area (TPSA) is 57.4 Å². The highest BCUT2D eigenvalue weighted by molar-refractivity contribution is 6.30. The molecule has 0 fully saturated rings. The highest BCUT2D eigenvalue weighted by Crippen LogP contribution is 2.26. The molecule has 3 aromatic carbocycles. The van der Waals surface area contributed by atoms with E-state index in [4.69, 9.17) is 21.6 Å². The van der Waals surface area contributed by atoms with Crippen LogP contribution in [-0.4, -0.2) is 19.9 Å². The van der Waals surface area contributed by atoms with Crippen LogP contribution < -0.4 is 0 Å². The molecule has 0 radical (unpaired) electrons. The SMILES string of the molecule is Clc1ccc(C[C@H](Cc2nc3ccccc3[nH]2)c2nc3ccccc3[nH]2)cc1. The maximum atomic E-state index is 6.06. The largest absolute Gasteiger partial charge is 0.342 e. The van der Waals surface area contributed by atoms with Crippen LogP contribution >= 0.6 is 11.6 Å². The van der Waals surface area contributed by atoms with Crippen molar-refractivity contribution < 1.29 is 0 Å². The molecule has 0 amide bonds. The number of benzene rings is 3. The normalized spacial score (nSPS) is 12.6.